The maximum Gasteiger partial charge on any atom is 0.0682 e. The predicted molar refractivity (Wildman–Crippen MR) is 48.2 cm³/mol. The van der Waals surface area contributed by atoms with E-state index in [9.17, 15) is 0 Å². The number of hydrogen-bond donors (Lipinski definition) is 1. The Morgan fingerprint density at radius 3 is 2.09 bits per heavy atom. The van der Waals surface area contributed by atoms with Crippen LogP contribution < -0.4 is 5.73 Å². The highest BCUT2D eigenvalue weighted by Crippen LogP contribution is 2.33. The molecule has 0 bridgehead atoms. The average molecular weight is 156 g/mol. The van der Waals surface area contributed by atoms with Gasteiger partial charge in [-0.2, -0.15) is 0 Å². The molecule has 0 spiro atoms. The fraction of sp³-hybridized carbons (Fsp3) is 1.00. The molecule has 0 heterocycles. The fourth-order valence-corrected chi connectivity index (χ4v) is 1.88. The van der Waals surface area contributed by atoms with Crippen LogP contribution in [0.4, 0.5) is 0 Å². The van der Waals surface area contributed by atoms with Gasteiger partial charge in [0.2, 0.25) is 0 Å². The van der Waals surface area contributed by atoms with Crippen molar-refractivity contribution >= 4 is 0 Å². The van der Waals surface area contributed by atoms with Crippen LogP contribution in [0.2, 0.25) is 0 Å². The molecule has 0 aromatic carbocycles. The van der Waals surface area contributed by atoms with Gasteiger partial charge in [-0.1, -0.05) is 12.8 Å². The van der Waals surface area contributed by atoms with Crippen LogP contribution in [-0.2, 0) is 0 Å². The summed E-state index contributed by atoms with van der Waals surface area (Å²) in [5.74, 6) is 0.706. The Bertz CT molecular complexity index is 124. The highest BCUT2D eigenvalue weighted by Gasteiger charge is 2.33. The van der Waals surface area contributed by atoms with Gasteiger partial charge in [0.25, 0.3) is 0 Å². The quantitative estimate of drug-likeness (QED) is 0.613. The molecule has 2 N–H and O–H groups in total. The SMILES string of the molecule is CN(C)C(C)(N)C1CCCC1. The summed E-state index contributed by atoms with van der Waals surface area (Å²) in [5, 5.41) is 0. The van der Waals surface area contributed by atoms with E-state index < -0.39 is 0 Å². The number of nitrogens with two attached hydrogens (primary N) is 1. The number of rotatable bonds is 2. The molecule has 0 aromatic rings. The highest BCUT2D eigenvalue weighted by atomic mass is 15.2. The second-order valence-electron chi connectivity index (χ2n) is 4.10. The molecule has 66 valence electrons. The maximum atomic E-state index is 6.19. The Morgan fingerprint density at radius 1 is 1.27 bits per heavy atom. The van der Waals surface area contributed by atoms with Gasteiger partial charge in [-0.05, 0) is 39.8 Å². The smallest absolute Gasteiger partial charge is 0.0682 e. The monoisotopic (exact) mass is 156 g/mol. The van der Waals surface area contributed by atoms with E-state index in [2.05, 4.69) is 25.9 Å². The molecular formula is C9H20N2. The minimum Gasteiger partial charge on any atom is -0.313 e. The Kier molecular flexibility index (Phi) is 2.55. The van der Waals surface area contributed by atoms with Crippen molar-refractivity contribution < 1.29 is 0 Å². The summed E-state index contributed by atoms with van der Waals surface area (Å²) in [6.45, 7) is 2.14. The average Bonchev–Trinajstić information content (AvgIpc) is 2.37. The van der Waals surface area contributed by atoms with E-state index in [0.717, 1.165) is 0 Å². The predicted octanol–water partition coefficient (Wildman–Crippen LogP) is 1.41. The Labute approximate surface area is 69.8 Å². The lowest BCUT2D eigenvalue weighted by atomic mass is 9.92. The molecule has 11 heavy (non-hydrogen) atoms. The van der Waals surface area contributed by atoms with E-state index >= 15 is 0 Å². The van der Waals surface area contributed by atoms with Gasteiger partial charge in [0.05, 0.1) is 5.66 Å². The van der Waals surface area contributed by atoms with E-state index in [4.69, 9.17) is 5.73 Å². The van der Waals surface area contributed by atoms with Crippen molar-refractivity contribution in [3.63, 3.8) is 0 Å². The normalized spacial score (nSPS) is 25.9. The minimum absolute atomic E-state index is 0.0868. The third-order valence-corrected chi connectivity index (χ3v) is 3.15. The fourth-order valence-electron chi connectivity index (χ4n) is 1.88. The van der Waals surface area contributed by atoms with Gasteiger partial charge in [0, 0.05) is 0 Å². The lowest BCUT2D eigenvalue weighted by molar-refractivity contribution is 0.106. The summed E-state index contributed by atoms with van der Waals surface area (Å²) in [4.78, 5) is 2.14. The molecule has 1 aliphatic carbocycles. The highest BCUT2D eigenvalue weighted by molar-refractivity contribution is 4.87. The molecule has 1 rings (SSSR count). The van der Waals surface area contributed by atoms with Gasteiger partial charge in [-0.25, -0.2) is 0 Å². The molecule has 0 aromatic heterocycles. The van der Waals surface area contributed by atoms with Crippen molar-refractivity contribution in [2.75, 3.05) is 14.1 Å². The van der Waals surface area contributed by atoms with Crippen molar-refractivity contribution in [1.82, 2.24) is 4.90 Å². The van der Waals surface area contributed by atoms with Gasteiger partial charge in [0.15, 0.2) is 0 Å². The number of hydrogen-bond acceptors (Lipinski definition) is 2. The third kappa shape index (κ3) is 1.74. The van der Waals surface area contributed by atoms with Crippen LogP contribution in [0.3, 0.4) is 0 Å². The summed E-state index contributed by atoms with van der Waals surface area (Å²) in [6, 6.07) is 0. The van der Waals surface area contributed by atoms with Crippen LogP contribution in [0, 0.1) is 5.92 Å². The van der Waals surface area contributed by atoms with Crippen molar-refractivity contribution in [2.24, 2.45) is 11.7 Å². The minimum atomic E-state index is -0.0868. The van der Waals surface area contributed by atoms with Crippen LogP contribution in [-0.4, -0.2) is 24.7 Å². The molecule has 1 fully saturated rings. The van der Waals surface area contributed by atoms with E-state index in [-0.39, 0.29) is 5.66 Å². The van der Waals surface area contributed by atoms with E-state index in [0.29, 0.717) is 5.92 Å². The van der Waals surface area contributed by atoms with E-state index in [1.54, 1.807) is 0 Å². The van der Waals surface area contributed by atoms with Crippen LogP contribution in [0.5, 0.6) is 0 Å². The first kappa shape index (κ1) is 9.01. The molecule has 0 saturated heterocycles. The second-order valence-corrected chi connectivity index (χ2v) is 4.10. The molecule has 1 unspecified atom stereocenters. The summed E-state index contributed by atoms with van der Waals surface area (Å²) in [7, 11) is 4.14. The van der Waals surface area contributed by atoms with Crippen molar-refractivity contribution in [1.29, 1.82) is 0 Å². The van der Waals surface area contributed by atoms with Crippen LogP contribution in [0.1, 0.15) is 32.6 Å². The van der Waals surface area contributed by atoms with Crippen molar-refractivity contribution in [3.05, 3.63) is 0 Å². The van der Waals surface area contributed by atoms with Crippen molar-refractivity contribution in [2.45, 2.75) is 38.3 Å². The third-order valence-electron chi connectivity index (χ3n) is 3.15. The summed E-state index contributed by atoms with van der Waals surface area (Å²) >= 11 is 0. The largest absolute Gasteiger partial charge is 0.313 e. The molecule has 1 saturated carbocycles. The zero-order valence-electron chi connectivity index (χ0n) is 7.93. The topological polar surface area (TPSA) is 29.3 Å². The van der Waals surface area contributed by atoms with Gasteiger partial charge in [-0.3, -0.25) is 4.90 Å². The molecule has 0 aliphatic heterocycles. The Morgan fingerprint density at radius 2 is 1.73 bits per heavy atom. The molecule has 2 heteroatoms. The molecule has 0 amide bonds. The first-order chi connectivity index (χ1) is 5.05. The molecule has 2 nitrogen and oxygen atoms in total. The zero-order chi connectivity index (χ0) is 8.48. The van der Waals surface area contributed by atoms with Crippen molar-refractivity contribution in [3.8, 4) is 0 Å². The Balaban J connectivity index is 2.55. The first-order valence-electron chi connectivity index (χ1n) is 4.51. The summed E-state index contributed by atoms with van der Waals surface area (Å²) in [6.07, 6.45) is 5.35. The van der Waals surface area contributed by atoms with Crippen LogP contribution in [0.25, 0.3) is 0 Å². The van der Waals surface area contributed by atoms with Crippen LogP contribution in [0.15, 0.2) is 0 Å². The molecule has 1 aliphatic rings. The van der Waals surface area contributed by atoms with Gasteiger partial charge in [-0.15, -0.1) is 0 Å². The van der Waals surface area contributed by atoms with Gasteiger partial charge < -0.3 is 5.73 Å². The van der Waals surface area contributed by atoms with E-state index in [1.165, 1.54) is 25.7 Å². The van der Waals surface area contributed by atoms with Crippen LogP contribution >= 0.6 is 0 Å². The maximum absolute atomic E-state index is 6.19. The van der Waals surface area contributed by atoms with Gasteiger partial charge >= 0.3 is 0 Å². The number of nitrogens with zero attached hydrogens (tertiary/aromatic N) is 1. The second kappa shape index (κ2) is 3.11. The summed E-state index contributed by atoms with van der Waals surface area (Å²) in [5.41, 5.74) is 6.10. The van der Waals surface area contributed by atoms with E-state index in [1.807, 2.05) is 0 Å². The molecular weight excluding hydrogens is 136 g/mol. The lowest BCUT2D eigenvalue weighted by Gasteiger charge is -2.37. The lowest BCUT2D eigenvalue weighted by Crippen LogP contribution is -2.54. The van der Waals surface area contributed by atoms with Gasteiger partial charge in [0.1, 0.15) is 0 Å². The molecule has 1 atom stereocenters. The zero-order valence-corrected chi connectivity index (χ0v) is 7.93. The summed E-state index contributed by atoms with van der Waals surface area (Å²) < 4.78 is 0. The first-order valence-corrected chi connectivity index (χ1v) is 4.51. The standard InChI is InChI=1S/C9H20N2/c1-9(10,11(2)3)8-6-4-5-7-8/h8H,4-7,10H2,1-3H3. The molecule has 0 radical (unpaired) electrons. The Hall–Kier alpha value is -0.0800.